The van der Waals surface area contributed by atoms with Gasteiger partial charge in [-0.25, -0.2) is 0 Å². The van der Waals surface area contributed by atoms with Crippen molar-refractivity contribution >= 4 is 16.5 Å². The Morgan fingerprint density at radius 1 is 0.957 bits per heavy atom. The summed E-state index contributed by atoms with van der Waals surface area (Å²) in [5, 5.41) is 6.16. The van der Waals surface area contributed by atoms with Gasteiger partial charge in [-0.1, -0.05) is 80.2 Å². The number of rotatable bonds is 5. The predicted octanol–water partition coefficient (Wildman–Crippen LogP) is 5.72. The Labute approximate surface area is 138 Å². The maximum atomic E-state index is 4.27. The van der Waals surface area contributed by atoms with E-state index in [4.69, 9.17) is 0 Å². The summed E-state index contributed by atoms with van der Waals surface area (Å²) in [4.78, 5) is 0. The predicted molar refractivity (Wildman–Crippen MR) is 100 cm³/mol. The van der Waals surface area contributed by atoms with Gasteiger partial charge in [-0.3, -0.25) is 0 Å². The lowest BCUT2D eigenvalue weighted by molar-refractivity contribution is 0.707. The minimum absolute atomic E-state index is 0.207. The Kier molecular flexibility index (Phi) is 4.47. The number of fused-ring (bicyclic) bond motifs is 1. The molecule has 1 unspecified atom stereocenters. The lowest BCUT2D eigenvalue weighted by Crippen LogP contribution is -2.17. The van der Waals surface area contributed by atoms with Crippen LogP contribution in [0.3, 0.4) is 0 Å². The summed E-state index contributed by atoms with van der Waals surface area (Å²) >= 11 is 0. The van der Waals surface area contributed by atoms with Crippen molar-refractivity contribution in [2.45, 2.75) is 26.3 Å². The zero-order valence-corrected chi connectivity index (χ0v) is 13.8. The molecule has 3 aromatic rings. The molecule has 0 aliphatic rings. The van der Waals surface area contributed by atoms with Crippen molar-refractivity contribution in [3.63, 3.8) is 0 Å². The van der Waals surface area contributed by atoms with Gasteiger partial charge in [-0.2, -0.15) is 0 Å². The first-order chi connectivity index (χ1) is 11.2. The van der Waals surface area contributed by atoms with Crippen molar-refractivity contribution < 1.29 is 0 Å². The van der Waals surface area contributed by atoms with Crippen LogP contribution in [0.1, 0.15) is 36.6 Å². The maximum absolute atomic E-state index is 4.27. The highest BCUT2D eigenvalue weighted by molar-refractivity contribution is 5.86. The van der Waals surface area contributed by atoms with E-state index >= 15 is 0 Å². The minimum atomic E-state index is 0.207. The van der Waals surface area contributed by atoms with Crippen LogP contribution in [-0.2, 0) is 6.42 Å². The van der Waals surface area contributed by atoms with E-state index < -0.39 is 0 Å². The van der Waals surface area contributed by atoms with Gasteiger partial charge >= 0.3 is 0 Å². The molecule has 116 valence electrons. The maximum Gasteiger partial charge on any atom is 0.0491 e. The molecule has 0 aromatic heterocycles. The van der Waals surface area contributed by atoms with E-state index in [2.05, 4.69) is 92.5 Å². The van der Waals surface area contributed by atoms with Crippen LogP contribution in [0.25, 0.3) is 16.5 Å². The van der Waals surface area contributed by atoms with Crippen LogP contribution >= 0.6 is 0 Å². The monoisotopic (exact) mass is 301 g/mol. The Bertz CT molecular complexity index is 827. The first kappa shape index (κ1) is 15.4. The van der Waals surface area contributed by atoms with Crippen molar-refractivity contribution in [1.82, 2.24) is 5.32 Å². The molecule has 0 amide bonds. The lowest BCUT2D eigenvalue weighted by Gasteiger charge is -2.21. The second-order valence-corrected chi connectivity index (χ2v) is 5.92. The highest BCUT2D eigenvalue weighted by Gasteiger charge is 2.11. The van der Waals surface area contributed by atoms with E-state index in [-0.39, 0.29) is 6.04 Å². The van der Waals surface area contributed by atoms with Crippen molar-refractivity contribution in [2.24, 2.45) is 0 Å². The first-order valence-corrected chi connectivity index (χ1v) is 8.22. The molecular formula is C22H23N. The smallest absolute Gasteiger partial charge is 0.0491 e. The lowest BCUT2D eigenvalue weighted by atomic mass is 9.98. The second-order valence-electron chi connectivity index (χ2n) is 5.92. The van der Waals surface area contributed by atoms with E-state index in [1.807, 2.05) is 0 Å². The first-order valence-electron chi connectivity index (χ1n) is 8.22. The quantitative estimate of drug-likeness (QED) is 0.635. The Morgan fingerprint density at radius 3 is 2.48 bits per heavy atom. The van der Waals surface area contributed by atoms with Gasteiger partial charge < -0.3 is 5.32 Å². The van der Waals surface area contributed by atoms with Crippen LogP contribution in [0.4, 0.5) is 0 Å². The van der Waals surface area contributed by atoms with Crippen molar-refractivity contribution in [3.05, 3.63) is 90.0 Å². The third-order valence-corrected chi connectivity index (χ3v) is 4.40. The fourth-order valence-electron chi connectivity index (χ4n) is 3.17. The summed E-state index contributed by atoms with van der Waals surface area (Å²) in [6.45, 7) is 8.64. The van der Waals surface area contributed by atoms with E-state index in [9.17, 15) is 0 Å². The molecule has 0 aliphatic carbocycles. The molecule has 0 radical (unpaired) electrons. The number of nitrogens with one attached hydrogen (secondary N) is 1. The molecule has 0 saturated heterocycles. The molecule has 1 heteroatoms. The van der Waals surface area contributed by atoms with Crippen LogP contribution < -0.4 is 5.32 Å². The number of aryl methyl sites for hydroxylation is 1. The Morgan fingerprint density at radius 2 is 1.65 bits per heavy atom. The molecule has 1 N–H and O–H groups in total. The molecule has 0 spiro atoms. The highest BCUT2D eigenvalue weighted by Crippen LogP contribution is 2.26. The van der Waals surface area contributed by atoms with E-state index in [1.54, 1.807) is 0 Å². The normalized spacial score (nSPS) is 12.1. The van der Waals surface area contributed by atoms with Gasteiger partial charge in [-0.05, 0) is 35.2 Å². The average Bonchev–Trinajstić information content (AvgIpc) is 2.61. The molecule has 3 rings (SSSR count). The van der Waals surface area contributed by atoms with Gasteiger partial charge in [0, 0.05) is 17.3 Å². The summed E-state index contributed by atoms with van der Waals surface area (Å²) in [5.41, 5.74) is 4.83. The van der Waals surface area contributed by atoms with Crippen molar-refractivity contribution in [1.29, 1.82) is 0 Å². The molecule has 3 aromatic carbocycles. The molecule has 1 nitrogen and oxygen atoms in total. The van der Waals surface area contributed by atoms with Crippen LogP contribution in [0, 0.1) is 0 Å². The third-order valence-electron chi connectivity index (χ3n) is 4.40. The molecule has 0 aliphatic heterocycles. The average molecular weight is 301 g/mol. The second kappa shape index (κ2) is 6.70. The molecule has 23 heavy (non-hydrogen) atoms. The topological polar surface area (TPSA) is 12.0 Å². The molecule has 0 bridgehead atoms. The fraction of sp³-hybridized carbons (Fsp3) is 0.182. The number of hydrogen-bond acceptors (Lipinski definition) is 1. The van der Waals surface area contributed by atoms with Gasteiger partial charge in [0.25, 0.3) is 0 Å². The van der Waals surface area contributed by atoms with Crippen LogP contribution in [0.5, 0.6) is 0 Å². The van der Waals surface area contributed by atoms with E-state index in [1.165, 1.54) is 27.5 Å². The minimum Gasteiger partial charge on any atom is -0.378 e. The SMILES string of the molecule is C=C(NC(C)c1cccc2ccccc12)c1ccccc1CC. The molecule has 0 heterocycles. The standard InChI is InChI=1S/C22H23N/c1-4-18-10-5-7-13-20(18)16(2)23-17(3)21-15-9-12-19-11-6-8-14-22(19)21/h5-15,17,23H,2,4H2,1,3H3. The number of benzene rings is 3. The summed E-state index contributed by atoms with van der Waals surface area (Å²) in [5.74, 6) is 0. The summed E-state index contributed by atoms with van der Waals surface area (Å²) in [7, 11) is 0. The third kappa shape index (κ3) is 3.14. The zero-order chi connectivity index (χ0) is 16.2. The zero-order valence-electron chi connectivity index (χ0n) is 13.8. The van der Waals surface area contributed by atoms with E-state index in [0.29, 0.717) is 0 Å². The Balaban J connectivity index is 1.89. The molecule has 0 saturated carbocycles. The van der Waals surface area contributed by atoms with Gasteiger partial charge in [0.2, 0.25) is 0 Å². The Hall–Kier alpha value is -2.54. The summed E-state index contributed by atoms with van der Waals surface area (Å²) < 4.78 is 0. The van der Waals surface area contributed by atoms with Crippen LogP contribution in [-0.4, -0.2) is 0 Å². The number of hydrogen-bond donors (Lipinski definition) is 1. The van der Waals surface area contributed by atoms with Crippen molar-refractivity contribution in [2.75, 3.05) is 0 Å². The van der Waals surface area contributed by atoms with Gasteiger partial charge in [0.1, 0.15) is 0 Å². The van der Waals surface area contributed by atoms with Gasteiger partial charge in [0.05, 0.1) is 0 Å². The van der Waals surface area contributed by atoms with Crippen LogP contribution in [0.2, 0.25) is 0 Å². The van der Waals surface area contributed by atoms with Gasteiger partial charge in [-0.15, -0.1) is 0 Å². The summed E-state index contributed by atoms with van der Waals surface area (Å²) in [6.07, 6.45) is 1.01. The largest absolute Gasteiger partial charge is 0.378 e. The fourth-order valence-corrected chi connectivity index (χ4v) is 3.17. The van der Waals surface area contributed by atoms with Gasteiger partial charge in [0.15, 0.2) is 0 Å². The summed E-state index contributed by atoms with van der Waals surface area (Å²) in [6, 6.07) is 23.7. The highest BCUT2D eigenvalue weighted by atomic mass is 14.9. The van der Waals surface area contributed by atoms with E-state index in [0.717, 1.165) is 12.1 Å². The molecule has 0 fully saturated rings. The van der Waals surface area contributed by atoms with Crippen molar-refractivity contribution in [3.8, 4) is 0 Å². The molecule has 1 atom stereocenters. The van der Waals surface area contributed by atoms with Crippen LogP contribution in [0.15, 0.2) is 73.3 Å². The molecular weight excluding hydrogens is 278 g/mol.